The van der Waals surface area contributed by atoms with Crippen molar-refractivity contribution < 1.29 is 54.7 Å². The zero-order valence-corrected chi connectivity index (χ0v) is 16.8. The molecule has 0 rings (SSSR count). The molecule has 0 aromatic carbocycles. The van der Waals surface area contributed by atoms with E-state index in [9.17, 15) is 19.5 Å². The Labute approximate surface area is 173 Å². The second-order valence-corrected chi connectivity index (χ2v) is 6.37. The lowest BCUT2D eigenvalue weighted by Crippen LogP contribution is -2.49. The van der Waals surface area contributed by atoms with E-state index in [1.807, 2.05) is 0 Å². The van der Waals surface area contributed by atoms with Gasteiger partial charge < -0.3 is 15.2 Å². The minimum atomic E-state index is -1.39. The van der Waals surface area contributed by atoms with Gasteiger partial charge in [-0.15, -0.1) is 0 Å². The molecule has 0 saturated heterocycles. The number of carbonyl (C=O) groups is 3. The highest BCUT2D eigenvalue weighted by atomic mass is 17.1. The molecule has 0 bridgehead atoms. The van der Waals surface area contributed by atoms with Crippen molar-refractivity contribution in [2.75, 3.05) is 13.2 Å². The minimum absolute atomic E-state index is 0.0355. The third kappa shape index (κ3) is 15.9. The monoisotopic (exact) mass is 441 g/mol. The summed E-state index contributed by atoms with van der Waals surface area (Å²) < 4.78 is 5.08. The van der Waals surface area contributed by atoms with Crippen LogP contribution in [0.1, 0.15) is 58.3 Å². The number of amides is 1. The summed E-state index contributed by atoms with van der Waals surface area (Å²) in [7, 11) is 0. The van der Waals surface area contributed by atoms with Gasteiger partial charge in [0.2, 0.25) is 5.91 Å². The molecule has 6 N–H and O–H groups in total. The molecule has 0 aliphatic carbocycles. The number of carbonyl (C=O) groups excluding carboxylic acids is 2. The predicted molar refractivity (Wildman–Crippen MR) is 94.8 cm³/mol. The molecule has 2 unspecified atom stereocenters. The molecule has 30 heavy (non-hydrogen) atoms. The first-order chi connectivity index (χ1) is 14.1. The smallest absolute Gasteiger partial charge is 0.330 e. The molecular formula is C16H31N3O11. The molecule has 0 saturated carbocycles. The van der Waals surface area contributed by atoms with Crippen LogP contribution in [0.2, 0.25) is 0 Å². The summed E-state index contributed by atoms with van der Waals surface area (Å²) in [5, 5.41) is 44.2. The van der Waals surface area contributed by atoms with Gasteiger partial charge in [-0.1, -0.05) is 12.8 Å². The van der Waals surface area contributed by atoms with Crippen LogP contribution in [0.25, 0.3) is 0 Å². The predicted octanol–water partition coefficient (Wildman–Crippen LogP) is 0.632. The van der Waals surface area contributed by atoms with Crippen LogP contribution < -0.4 is 5.32 Å². The number of esters is 1. The lowest BCUT2D eigenvalue weighted by Gasteiger charge is -2.21. The Morgan fingerprint density at radius 1 is 0.833 bits per heavy atom. The van der Waals surface area contributed by atoms with Gasteiger partial charge in [0, 0.05) is 12.8 Å². The van der Waals surface area contributed by atoms with Crippen molar-refractivity contribution in [2.24, 2.45) is 0 Å². The van der Waals surface area contributed by atoms with Crippen LogP contribution in [0.5, 0.6) is 0 Å². The van der Waals surface area contributed by atoms with E-state index in [-0.39, 0.29) is 26.1 Å². The number of aliphatic carboxylic acids is 1. The quantitative estimate of drug-likeness (QED) is 0.0984. The van der Waals surface area contributed by atoms with Crippen molar-refractivity contribution in [2.45, 2.75) is 70.4 Å². The highest BCUT2D eigenvalue weighted by molar-refractivity contribution is 5.84. The number of hydrogen-bond donors (Lipinski definition) is 6. The second kappa shape index (κ2) is 16.8. The number of carboxylic acid groups (broad SMARTS) is 1. The summed E-state index contributed by atoms with van der Waals surface area (Å²) in [5.74, 6) is -2.46. The summed E-state index contributed by atoms with van der Waals surface area (Å²) in [6, 6.07) is -1.39. The van der Waals surface area contributed by atoms with Crippen molar-refractivity contribution in [1.82, 2.24) is 16.1 Å². The number of carboxylic acids is 1. The van der Waals surface area contributed by atoms with Crippen LogP contribution in [0.3, 0.4) is 0 Å². The maximum Gasteiger partial charge on any atom is 0.330 e. The van der Waals surface area contributed by atoms with Crippen LogP contribution in [0.4, 0.5) is 0 Å². The molecule has 0 heterocycles. The topological polar surface area (TPSA) is 199 Å². The van der Waals surface area contributed by atoms with Gasteiger partial charge in [0.1, 0.15) is 6.10 Å². The first kappa shape index (κ1) is 28.1. The van der Waals surface area contributed by atoms with Crippen molar-refractivity contribution in [3.63, 3.8) is 0 Å². The first-order valence-corrected chi connectivity index (χ1v) is 9.46. The Balaban J connectivity index is 4.12. The van der Waals surface area contributed by atoms with Gasteiger partial charge in [0.15, 0.2) is 6.04 Å². The van der Waals surface area contributed by atoms with Crippen LogP contribution in [-0.4, -0.2) is 79.9 Å². The number of nitrogens with zero attached hydrogens (tertiary/aromatic N) is 2. The van der Waals surface area contributed by atoms with Gasteiger partial charge in [0.05, 0.1) is 24.0 Å². The molecule has 176 valence electrons. The Morgan fingerprint density at radius 3 is 1.80 bits per heavy atom. The van der Waals surface area contributed by atoms with Gasteiger partial charge in [-0.25, -0.2) is 4.79 Å². The lowest BCUT2D eigenvalue weighted by atomic mass is 10.1. The van der Waals surface area contributed by atoms with Crippen molar-refractivity contribution >= 4 is 17.8 Å². The van der Waals surface area contributed by atoms with Gasteiger partial charge in [-0.05, 0) is 32.6 Å². The molecule has 0 fully saturated rings. The molecule has 14 heteroatoms. The van der Waals surface area contributed by atoms with E-state index >= 15 is 0 Å². The molecule has 0 radical (unpaired) electrons. The zero-order chi connectivity index (χ0) is 22.9. The Kier molecular flexibility index (Phi) is 15.8. The molecule has 2 atom stereocenters. The number of unbranched alkanes of at least 4 members (excludes halogenated alkanes) is 4. The highest BCUT2D eigenvalue weighted by Crippen LogP contribution is 2.08. The second-order valence-electron chi connectivity index (χ2n) is 6.37. The summed E-state index contributed by atoms with van der Waals surface area (Å²) in [5.41, 5.74) is 0. The molecule has 1 amide bonds. The summed E-state index contributed by atoms with van der Waals surface area (Å²) >= 11 is 0. The highest BCUT2D eigenvalue weighted by Gasteiger charge is 2.29. The van der Waals surface area contributed by atoms with Gasteiger partial charge in [-0.3, -0.25) is 40.1 Å². The Bertz CT molecular complexity index is 505. The van der Waals surface area contributed by atoms with Crippen molar-refractivity contribution in [1.29, 1.82) is 0 Å². The number of rotatable bonds is 18. The van der Waals surface area contributed by atoms with E-state index < -0.39 is 40.8 Å². The molecule has 0 aliphatic rings. The molecule has 14 nitrogen and oxygen atoms in total. The van der Waals surface area contributed by atoms with Crippen molar-refractivity contribution in [3.05, 3.63) is 0 Å². The fraction of sp³-hybridized carbons (Fsp3) is 0.812. The van der Waals surface area contributed by atoms with Crippen LogP contribution in [0.15, 0.2) is 0 Å². The van der Waals surface area contributed by atoms with Gasteiger partial charge in [-0.2, -0.15) is 0 Å². The van der Waals surface area contributed by atoms with E-state index in [2.05, 4.69) is 15.0 Å². The average molecular weight is 441 g/mol. The van der Waals surface area contributed by atoms with Crippen LogP contribution >= 0.6 is 0 Å². The van der Waals surface area contributed by atoms with E-state index in [4.69, 9.17) is 25.6 Å². The first-order valence-electron chi connectivity index (χ1n) is 9.46. The number of ether oxygens (including phenoxy) is 1. The molecule has 0 aliphatic heterocycles. The van der Waals surface area contributed by atoms with E-state index in [0.717, 1.165) is 0 Å². The van der Waals surface area contributed by atoms with Crippen LogP contribution in [-0.2, 0) is 28.8 Å². The fourth-order valence-electron chi connectivity index (χ4n) is 2.36. The Morgan fingerprint density at radius 2 is 1.33 bits per heavy atom. The number of hydrogen-bond acceptors (Lipinski definition) is 12. The SMILES string of the molecule is CC(OC(=O)CCCCCON(O)O)C(NC(=O)CCCCCON(O)O)C(=O)O. The fourth-order valence-corrected chi connectivity index (χ4v) is 2.36. The lowest BCUT2D eigenvalue weighted by molar-refractivity contribution is -0.492. The van der Waals surface area contributed by atoms with Crippen molar-refractivity contribution in [3.8, 4) is 0 Å². The normalized spacial score (nSPS) is 13.3. The average Bonchev–Trinajstić information content (AvgIpc) is 2.64. The summed E-state index contributed by atoms with van der Waals surface area (Å²) in [6.45, 7) is 1.47. The van der Waals surface area contributed by atoms with Crippen LogP contribution in [0, 0.1) is 0 Å². The largest absolute Gasteiger partial charge is 0.480 e. The van der Waals surface area contributed by atoms with E-state index in [0.29, 0.717) is 38.5 Å². The third-order valence-corrected chi connectivity index (χ3v) is 3.86. The molecule has 0 aromatic rings. The maximum atomic E-state index is 11.9. The third-order valence-electron chi connectivity index (χ3n) is 3.86. The molecule has 0 spiro atoms. The summed E-state index contributed by atoms with van der Waals surface area (Å²) in [6.07, 6.45) is 1.91. The summed E-state index contributed by atoms with van der Waals surface area (Å²) in [4.78, 5) is 43.9. The molecular weight excluding hydrogens is 410 g/mol. The maximum absolute atomic E-state index is 11.9. The standard InChI is InChI=1S/C16H31N3O11/c1-12(30-14(21)9-5-3-7-11-29-19(26)27)15(16(22)23)17-13(20)8-4-2-6-10-28-18(24)25/h12,15,24-27H,2-11H2,1H3,(H,17,20)(H,22,23). The number of nitrogens with one attached hydrogen (secondary N) is 1. The van der Waals surface area contributed by atoms with Gasteiger partial charge in [0.25, 0.3) is 0 Å². The Hall–Kier alpha value is -1.91. The zero-order valence-electron chi connectivity index (χ0n) is 16.8. The molecule has 0 aromatic heterocycles. The van der Waals surface area contributed by atoms with E-state index in [1.54, 1.807) is 0 Å². The van der Waals surface area contributed by atoms with E-state index in [1.165, 1.54) is 6.92 Å². The van der Waals surface area contributed by atoms with Gasteiger partial charge >= 0.3 is 11.9 Å². The minimum Gasteiger partial charge on any atom is -0.480 e.